The van der Waals surface area contributed by atoms with E-state index in [1.54, 1.807) is 6.07 Å². The van der Waals surface area contributed by atoms with E-state index >= 15 is 0 Å². The van der Waals surface area contributed by atoms with E-state index in [1.165, 1.54) is 0 Å². The highest BCUT2D eigenvalue weighted by atomic mass is 16.6. The average Bonchev–Trinajstić information content (AvgIpc) is 3.01. The van der Waals surface area contributed by atoms with Crippen molar-refractivity contribution in [2.45, 2.75) is 96.4 Å². The molecule has 0 aliphatic carbocycles. The summed E-state index contributed by atoms with van der Waals surface area (Å²) in [5.74, 6) is 0.864. The van der Waals surface area contributed by atoms with Crippen LogP contribution in [0.25, 0.3) is 0 Å². The highest BCUT2D eigenvalue weighted by Crippen LogP contribution is 2.35. The minimum atomic E-state index is -0.516. The first-order chi connectivity index (χ1) is 12.6. The van der Waals surface area contributed by atoms with Crippen molar-refractivity contribution < 1.29 is 18.8 Å². The van der Waals surface area contributed by atoms with E-state index < -0.39 is 5.60 Å². The third-order valence-corrected chi connectivity index (χ3v) is 5.25. The van der Waals surface area contributed by atoms with Gasteiger partial charge in [0.1, 0.15) is 11.4 Å². The van der Waals surface area contributed by atoms with Crippen molar-refractivity contribution in [3.05, 3.63) is 17.5 Å². The third kappa shape index (κ3) is 4.62. The van der Waals surface area contributed by atoms with Gasteiger partial charge in [0, 0.05) is 30.1 Å². The van der Waals surface area contributed by atoms with Crippen LogP contribution in [0.2, 0.25) is 0 Å². The first kappa shape index (κ1) is 19.7. The number of rotatable bonds is 3. The summed E-state index contributed by atoms with van der Waals surface area (Å²) in [7, 11) is 0. The van der Waals surface area contributed by atoms with Crippen LogP contribution in [0.4, 0.5) is 4.79 Å². The lowest BCUT2D eigenvalue weighted by Gasteiger charge is -2.48. The van der Waals surface area contributed by atoms with Gasteiger partial charge in [-0.05, 0) is 52.9 Å². The number of fused-ring (bicyclic) bond motifs is 2. The molecule has 0 aromatic carbocycles. The molecule has 2 amide bonds. The standard InChI is InChI=1S/C20H31N3O4/c1-12(2)17-11-16(22-27-17)18(24)23-14-7-6-8-15(23)10-13(9-14)21-19(25)26-20(3,4)5/h11-15H,6-10H2,1-5H3,(H,21,25)/t14-,15-/m0/s1. The van der Waals surface area contributed by atoms with Crippen LogP contribution >= 0.6 is 0 Å². The quantitative estimate of drug-likeness (QED) is 0.865. The Morgan fingerprint density at radius 3 is 2.41 bits per heavy atom. The Hall–Kier alpha value is -2.05. The zero-order chi connectivity index (χ0) is 19.8. The van der Waals surface area contributed by atoms with Gasteiger partial charge in [-0.1, -0.05) is 19.0 Å². The van der Waals surface area contributed by atoms with Gasteiger partial charge in [-0.3, -0.25) is 4.79 Å². The van der Waals surface area contributed by atoms with E-state index in [9.17, 15) is 9.59 Å². The minimum Gasteiger partial charge on any atom is -0.444 e. The predicted molar refractivity (Wildman–Crippen MR) is 101 cm³/mol. The third-order valence-electron chi connectivity index (χ3n) is 5.25. The number of alkyl carbamates (subject to hydrolysis) is 1. The van der Waals surface area contributed by atoms with Crippen LogP contribution in [0.15, 0.2) is 10.6 Å². The summed E-state index contributed by atoms with van der Waals surface area (Å²) in [6.45, 7) is 9.58. The summed E-state index contributed by atoms with van der Waals surface area (Å²) in [6, 6.07) is 2.02. The van der Waals surface area contributed by atoms with Crippen LogP contribution in [-0.4, -0.2) is 45.8 Å². The summed E-state index contributed by atoms with van der Waals surface area (Å²) >= 11 is 0. The predicted octanol–water partition coefficient (Wildman–Crippen LogP) is 3.85. The highest BCUT2D eigenvalue weighted by Gasteiger charge is 2.42. The number of ether oxygens (including phenoxy) is 1. The van der Waals surface area contributed by atoms with E-state index in [1.807, 2.05) is 39.5 Å². The van der Waals surface area contributed by atoms with E-state index in [0.29, 0.717) is 5.69 Å². The van der Waals surface area contributed by atoms with Gasteiger partial charge in [0.15, 0.2) is 5.69 Å². The Balaban J connectivity index is 1.67. The molecule has 2 atom stereocenters. The molecular weight excluding hydrogens is 346 g/mol. The molecule has 1 aromatic heterocycles. The van der Waals surface area contributed by atoms with Crippen LogP contribution in [0.1, 0.15) is 88.9 Å². The van der Waals surface area contributed by atoms with Crippen LogP contribution in [-0.2, 0) is 4.74 Å². The molecule has 0 unspecified atom stereocenters. The number of amides is 2. The SMILES string of the molecule is CC(C)c1cc(C(=O)N2[C@H]3CCC[C@H]2CC(NC(=O)OC(C)(C)C)C3)no1. The molecular formula is C20H31N3O4. The maximum atomic E-state index is 13.1. The van der Waals surface area contributed by atoms with Crippen molar-refractivity contribution in [3.8, 4) is 0 Å². The number of hydrogen-bond acceptors (Lipinski definition) is 5. The van der Waals surface area contributed by atoms with Gasteiger partial charge < -0.3 is 19.5 Å². The second kappa shape index (κ2) is 7.52. The molecule has 2 fully saturated rings. The Labute approximate surface area is 160 Å². The second-order valence-electron chi connectivity index (χ2n) is 9.03. The molecule has 3 heterocycles. The van der Waals surface area contributed by atoms with Crippen molar-refractivity contribution in [1.29, 1.82) is 0 Å². The Kier molecular flexibility index (Phi) is 5.49. The van der Waals surface area contributed by atoms with Crippen molar-refractivity contribution >= 4 is 12.0 Å². The molecule has 150 valence electrons. The first-order valence-corrected chi connectivity index (χ1v) is 9.93. The Morgan fingerprint density at radius 1 is 1.26 bits per heavy atom. The molecule has 2 aliphatic heterocycles. The smallest absolute Gasteiger partial charge is 0.407 e. The van der Waals surface area contributed by atoms with Crippen LogP contribution in [0, 0.1) is 0 Å². The summed E-state index contributed by atoms with van der Waals surface area (Å²) in [5, 5.41) is 6.98. The van der Waals surface area contributed by atoms with Gasteiger partial charge in [-0.15, -0.1) is 0 Å². The van der Waals surface area contributed by atoms with Crippen LogP contribution < -0.4 is 5.32 Å². The van der Waals surface area contributed by atoms with Gasteiger partial charge in [0.05, 0.1) is 0 Å². The lowest BCUT2D eigenvalue weighted by atomic mass is 9.81. The Morgan fingerprint density at radius 2 is 1.89 bits per heavy atom. The number of piperidine rings is 2. The van der Waals surface area contributed by atoms with Gasteiger partial charge in [-0.25, -0.2) is 4.79 Å². The summed E-state index contributed by atoms with van der Waals surface area (Å²) in [4.78, 5) is 27.1. The first-order valence-electron chi connectivity index (χ1n) is 9.93. The summed E-state index contributed by atoms with van der Waals surface area (Å²) in [5.41, 5.74) is -0.133. The second-order valence-corrected chi connectivity index (χ2v) is 9.03. The molecule has 7 nitrogen and oxygen atoms in total. The van der Waals surface area contributed by atoms with Gasteiger partial charge >= 0.3 is 6.09 Å². The molecule has 2 saturated heterocycles. The molecule has 27 heavy (non-hydrogen) atoms. The average molecular weight is 377 g/mol. The molecule has 3 rings (SSSR count). The van der Waals surface area contributed by atoms with Crippen molar-refractivity contribution in [2.75, 3.05) is 0 Å². The van der Waals surface area contributed by atoms with Gasteiger partial charge in [0.2, 0.25) is 0 Å². The minimum absolute atomic E-state index is 0.0303. The number of hydrogen-bond donors (Lipinski definition) is 1. The number of nitrogens with one attached hydrogen (secondary N) is 1. The lowest BCUT2D eigenvalue weighted by molar-refractivity contribution is 0.0151. The lowest BCUT2D eigenvalue weighted by Crippen LogP contribution is -2.59. The Bertz CT molecular complexity index is 678. The molecule has 2 bridgehead atoms. The summed E-state index contributed by atoms with van der Waals surface area (Å²) in [6.07, 6.45) is 4.11. The van der Waals surface area contributed by atoms with E-state index in [0.717, 1.165) is 37.9 Å². The molecule has 1 N–H and O–H groups in total. The fraction of sp³-hybridized carbons (Fsp3) is 0.750. The monoisotopic (exact) mass is 377 g/mol. The molecule has 1 aromatic rings. The van der Waals surface area contributed by atoms with Crippen molar-refractivity contribution in [1.82, 2.24) is 15.4 Å². The molecule has 0 saturated carbocycles. The van der Waals surface area contributed by atoms with Crippen LogP contribution in [0.3, 0.4) is 0 Å². The number of carbonyl (C=O) groups excluding carboxylic acids is 2. The molecule has 0 spiro atoms. The van der Waals surface area contributed by atoms with Gasteiger partial charge in [0.25, 0.3) is 5.91 Å². The largest absolute Gasteiger partial charge is 0.444 e. The maximum absolute atomic E-state index is 13.1. The topological polar surface area (TPSA) is 84.7 Å². The van der Waals surface area contributed by atoms with Crippen molar-refractivity contribution in [3.63, 3.8) is 0 Å². The zero-order valence-corrected chi connectivity index (χ0v) is 16.9. The number of aromatic nitrogens is 1. The van der Waals surface area contributed by atoms with E-state index in [-0.39, 0.29) is 36.0 Å². The fourth-order valence-electron chi connectivity index (χ4n) is 4.10. The molecule has 2 aliphatic rings. The normalized spacial score (nSPS) is 25.4. The zero-order valence-electron chi connectivity index (χ0n) is 16.9. The summed E-state index contributed by atoms with van der Waals surface area (Å²) < 4.78 is 10.7. The fourth-order valence-corrected chi connectivity index (χ4v) is 4.10. The molecule has 7 heteroatoms. The van der Waals surface area contributed by atoms with E-state index in [2.05, 4.69) is 10.5 Å². The number of nitrogens with zero attached hydrogens (tertiary/aromatic N) is 2. The maximum Gasteiger partial charge on any atom is 0.407 e. The van der Waals surface area contributed by atoms with Crippen LogP contribution in [0.5, 0.6) is 0 Å². The number of carbonyl (C=O) groups is 2. The highest BCUT2D eigenvalue weighted by molar-refractivity contribution is 5.93. The molecule has 0 radical (unpaired) electrons. The van der Waals surface area contributed by atoms with E-state index in [4.69, 9.17) is 9.26 Å². The van der Waals surface area contributed by atoms with Gasteiger partial charge in [-0.2, -0.15) is 0 Å². The van der Waals surface area contributed by atoms with Crippen molar-refractivity contribution in [2.24, 2.45) is 0 Å².